The van der Waals surface area contributed by atoms with Crippen LogP contribution in [0, 0.1) is 11.3 Å². The lowest BCUT2D eigenvalue weighted by Gasteiger charge is -2.25. The Morgan fingerprint density at radius 2 is 1.68 bits per heavy atom. The van der Waals surface area contributed by atoms with Gasteiger partial charge in [0.2, 0.25) is 10.0 Å². The molecular weight excluding hydrogens is 376 g/mol. The maximum Gasteiger partial charge on any atom is 0.221 e. The minimum absolute atomic E-state index is 0.293. The van der Waals surface area contributed by atoms with Gasteiger partial charge in [-0.25, -0.2) is 13.1 Å². The SMILES string of the molecule is CCCNS(=O)(=O)C(C)(C)c1ccc(OCCOc2ccccc2C#N)cc1. The Kier molecular flexibility index (Phi) is 7.44. The highest BCUT2D eigenvalue weighted by Crippen LogP contribution is 2.30. The Morgan fingerprint density at radius 3 is 2.32 bits per heavy atom. The molecule has 0 aliphatic rings. The Balaban J connectivity index is 1.93. The van der Waals surface area contributed by atoms with Gasteiger partial charge in [-0.15, -0.1) is 0 Å². The zero-order valence-electron chi connectivity index (χ0n) is 16.4. The van der Waals surface area contributed by atoms with Gasteiger partial charge < -0.3 is 9.47 Å². The van der Waals surface area contributed by atoms with Crippen LogP contribution in [0.3, 0.4) is 0 Å². The number of para-hydroxylation sites is 1. The van der Waals surface area contributed by atoms with Crippen LogP contribution in [-0.2, 0) is 14.8 Å². The lowest BCUT2D eigenvalue weighted by Crippen LogP contribution is -2.39. The minimum atomic E-state index is -3.48. The lowest BCUT2D eigenvalue weighted by molar-refractivity contribution is 0.216. The van der Waals surface area contributed by atoms with E-state index in [4.69, 9.17) is 14.7 Å². The van der Waals surface area contributed by atoms with Crippen molar-refractivity contribution < 1.29 is 17.9 Å². The molecule has 6 nitrogen and oxygen atoms in total. The predicted molar refractivity (Wildman–Crippen MR) is 109 cm³/mol. The standard InChI is InChI=1S/C21H26N2O4S/c1-4-13-23-28(24,25)21(2,3)18-9-11-19(12-10-18)26-14-15-27-20-8-6-5-7-17(20)16-22/h5-12,23H,4,13-15H2,1-3H3. The van der Waals surface area contributed by atoms with E-state index in [9.17, 15) is 8.42 Å². The summed E-state index contributed by atoms with van der Waals surface area (Å²) in [7, 11) is -3.48. The van der Waals surface area contributed by atoms with Gasteiger partial charge in [-0.2, -0.15) is 5.26 Å². The molecule has 0 saturated carbocycles. The largest absolute Gasteiger partial charge is 0.490 e. The van der Waals surface area contributed by atoms with Crippen LogP contribution in [0.1, 0.15) is 38.3 Å². The molecule has 2 aromatic carbocycles. The molecule has 2 rings (SSSR count). The van der Waals surface area contributed by atoms with Gasteiger partial charge in [0, 0.05) is 6.54 Å². The first-order valence-corrected chi connectivity index (χ1v) is 10.6. The molecule has 1 N–H and O–H groups in total. The van der Waals surface area contributed by atoms with Crippen LogP contribution in [0.5, 0.6) is 11.5 Å². The van der Waals surface area contributed by atoms with Crippen molar-refractivity contribution in [2.24, 2.45) is 0 Å². The van der Waals surface area contributed by atoms with E-state index in [2.05, 4.69) is 10.8 Å². The second-order valence-corrected chi connectivity index (χ2v) is 9.05. The van der Waals surface area contributed by atoms with Gasteiger partial charge in [0.1, 0.15) is 35.5 Å². The van der Waals surface area contributed by atoms with Gasteiger partial charge in [-0.05, 0) is 50.1 Å². The first-order valence-electron chi connectivity index (χ1n) is 9.16. The van der Waals surface area contributed by atoms with Gasteiger partial charge in [0.05, 0.1) is 5.56 Å². The number of nitrogens with zero attached hydrogens (tertiary/aromatic N) is 1. The van der Waals surface area contributed by atoms with Crippen LogP contribution >= 0.6 is 0 Å². The average Bonchev–Trinajstić information content (AvgIpc) is 2.70. The highest BCUT2D eigenvalue weighted by Gasteiger charge is 2.35. The van der Waals surface area contributed by atoms with E-state index in [1.165, 1.54) is 0 Å². The number of rotatable bonds is 10. The second-order valence-electron chi connectivity index (χ2n) is 6.74. The predicted octanol–water partition coefficient (Wildman–Crippen LogP) is 3.58. The lowest BCUT2D eigenvalue weighted by atomic mass is 10.0. The summed E-state index contributed by atoms with van der Waals surface area (Å²) >= 11 is 0. The van der Waals surface area contributed by atoms with Crippen molar-refractivity contribution in [3.63, 3.8) is 0 Å². The fourth-order valence-corrected chi connectivity index (χ4v) is 3.80. The van der Waals surface area contributed by atoms with Crippen molar-refractivity contribution in [3.05, 3.63) is 59.7 Å². The summed E-state index contributed by atoms with van der Waals surface area (Å²) in [5.41, 5.74) is 1.16. The number of nitriles is 1. The molecule has 2 aromatic rings. The number of hydrogen-bond acceptors (Lipinski definition) is 5. The first kappa shape index (κ1) is 21.7. The smallest absolute Gasteiger partial charge is 0.221 e. The molecule has 0 atom stereocenters. The summed E-state index contributed by atoms with van der Waals surface area (Å²) in [5.74, 6) is 1.14. The number of sulfonamides is 1. The zero-order chi connectivity index (χ0) is 20.6. The number of hydrogen-bond donors (Lipinski definition) is 1. The van der Waals surface area contributed by atoms with Crippen LogP contribution in [0.2, 0.25) is 0 Å². The molecule has 0 aliphatic carbocycles. The maximum atomic E-state index is 12.5. The van der Waals surface area contributed by atoms with Gasteiger partial charge in [-0.1, -0.05) is 31.2 Å². The summed E-state index contributed by atoms with van der Waals surface area (Å²) in [4.78, 5) is 0. The third-order valence-corrected chi connectivity index (χ3v) is 6.54. The van der Waals surface area contributed by atoms with Crippen molar-refractivity contribution in [1.82, 2.24) is 4.72 Å². The fraction of sp³-hybridized carbons (Fsp3) is 0.381. The average molecular weight is 403 g/mol. The molecule has 0 radical (unpaired) electrons. The number of ether oxygens (including phenoxy) is 2. The molecule has 0 amide bonds. The van der Waals surface area contributed by atoms with Crippen molar-refractivity contribution in [1.29, 1.82) is 5.26 Å². The van der Waals surface area contributed by atoms with Crippen LogP contribution in [0.4, 0.5) is 0 Å². The van der Waals surface area contributed by atoms with E-state index in [0.717, 1.165) is 6.42 Å². The Labute approximate surface area is 167 Å². The van der Waals surface area contributed by atoms with Crippen LogP contribution < -0.4 is 14.2 Å². The molecule has 0 aromatic heterocycles. The highest BCUT2D eigenvalue weighted by molar-refractivity contribution is 7.90. The summed E-state index contributed by atoms with van der Waals surface area (Å²) < 4.78 is 37.8. The van der Waals surface area contributed by atoms with E-state index in [0.29, 0.717) is 42.4 Å². The van der Waals surface area contributed by atoms with Gasteiger partial charge in [0.25, 0.3) is 0 Å². The summed E-state index contributed by atoms with van der Waals surface area (Å²) in [6.07, 6.45) is 0.739. The molecule has 0 bridgehead atoms. The molecule has 0 unspecified atom stereocenters. The van der Waals surface area contributed by atoms with Crippen molar-refractivity contribution in [2.45, 2.75) is 31.9 Å². The molecule has 150 valence electrons. The Bertz CT molecular complexity index is 916. The quantitative estimate of drug-likeness (QED) is 0.614. The molecule has 0 aliphatic heterocycles. The zero-order valence-corrected chi connectivity index (χ0v) is 17.3. The molecule has 0 saturated heterocycles. The maximum absolute atomic E-state index is 12.5. The first-order chi connectivity index (χ1) is 13.3. The van der Waals surface area contributed by atoms with Crippen LogP contribution in [0.15, 0.2) is 48.5 Å². The number of nitrogens with one attached hydrogen (secondary N) is 1. The van der Waals surface area contributed by atoms with E-state index in [1.807, 2.05) is 6.92 Å². The number of benzene rings is 2. The van der Waals surface area contributed by atoms with Gasteiger partial charge in [-0.3, -0.25) is 0 Å². The molecule has 0 heterocycles. The molecule has 0 fully saturated rings. The Morgan fingerprint density at radius 1 is 1.04 bits per heavy atom. The summed E-state index contributed by atoms with van der Waals surface area (Å²) in [6, 6.07) is 16.1. The normalized spacial score (nSPS) is 11.6. The minimum Gasteiger partial charge on any atom is -0.490 e. The molecule has 7 heteroatoms. The molecule has 28 heavy (non-hydrogen) atoms. The van der Waals surface area contributed by atoms with Gasteiger partial charge in [0.15, 0.2) is 0 Å². The molecular formula is C21H26N2O4S. The fourth-order valence-electron chi connectivity index (χ4n) is 2.52. The molecule has 0 spiro atoms. The van der Waals surface area contributed by atoms with Crippen molar-refractivity contribution in [2.75, 3.05) is 19.8 Å². The van der Waals surface area contributed by atoms with Crippen molar-refractivity contribution in [3.8, 4) is 17.6 Å². The summed E-state index contributed by atoms with van der Waals surface area (Å²) in [5, 5.41) is 9.04. The summed E-state index contributed by atoms with van der Waals surface area (Å²) in [6.45, 7) is 6.30. The van der Waals surface area contributed by atoms with E-state index >= 15 is 0 Å². The third kappa shape index (κ3) is 5.24. The van der Waals surface area contributed by atoms with Crippen LogP contribution in [0.25, 0.3) is 0 Å². The van der Waals surface area contributed by atoms with Crippen molar-refractivity contribution >= 4 is 10.0 Å². The van der Waals surface area contributed by atoms with Crippen LogP contribution in [-0.4, -0.2) is 28.2 Å². The second kappa shape index (κ2) is 9.58. The topological polar surface area (TPSA) is 88.4 Å². The monoisotopic (exact) mass is 402 g/mol. The van der Waals surface area contributed by atoms with E-state index in [-0.39, 0.29) is 0 Å². The highest BCUT2D eigenvalue weighted by atomic mass is 32.2. The van der Waals surface area contributed by atoms with E-state index < -0.39 is 14.8 Å². The third-order valence-electron chi connectivity index (χ3n) is 4.38. The van der Waals surface area contributed by atoms with Gasteiger partial charge >= 0.3 is 0 Å². The Hall–Kier alpha value is -2.56. The van der Waals surface area contributed by atoms with E-state index in [1.54, 1.807) is 62.4 Å².